The minimum Gasteiger partial charge on any atom is -0.507 e. The van der Waals surface area contributed by atoms with Crippen LogP contribution in [0.5, 0.6) is 5.75 Å². The smallest absolute Gasteiger partial charge is 0.138 e. The van der Waals surface area contributed by atoms with Gasteiger partial charge in [-0.2, -0.15) is 0 Å². The first kappa shape index (κ1) is 34.9. The molecule has 0 aliphatic carbocycles. The molecule has 0 fully saturated rings. The zero-order valence-corrected chi connectivity index (χ0v) is 31.0. The first-order valence-electron chi connectivity index (χ1n) is 17.1. The second-order valence-corrected chi connectivity index (χ2v) is 17.2. The van der Waals surface area contributed by atoms with Crippen molar-refractivity contribution in [2.75, 3.05) is 4.90 Å². The van der Waals surface area contributed by atoms with E-state index in [0.29, 0.717) is 0 Å². The number of hydrogen-bond donors (Lipinski definition) is 1. The average Bonchev–Trinajstić information content (AvgIpc) is 3.00. The maximum atomic E-state index is 11.2. The van der Waals surface area contributed by atoms with Crippen molar-refractivity contribution in [2.24, 2.45) is 0 Å². The van der Waals surface area contributed by atoms with Crippen molar-refractivity contribution in [3.05, 3.63) is 119 Å². The van der Waals surface area contributed by atoms with Crippen molar-refractivity contribution in [1.29, 1.82) is 0 Å². The molecule has 0 spiro atoms. The highest BCUT2D eigenvalue weighted by Gasteiger charge is 2.25. The molecule has 0 atom stereocenters. The predicted octanol–water partition coefficient (Wildman–Crippen LogP) is 12.2. The number of nitrogens with zero attached hydrogens (tertiary/aromatic N) is 3. The molecule has 0 amide bonds. The summed E-state index contributed by atoms with van der Waals surface area (Å²) in [6, 6.07) is 31.7. The number of phenolic OH excluding ortho intramolecular Hbond substituents is 1. The standard InChI is InChI=1S/C44H53N3O/c1-41(2,3)30-19-21-36(39(48)27-30)29-15-13-16-34(23-29)47(35-25-32(43(7,8)9)24-33(26-35)44(10,11)12)40-18-14-17-38(46-40)37-22-20-31(28-45-37)42(4,5)6/h13-28,48H,1-12H3. The molecule has 0 saturated heterocycles. The Bertz CT molecular complexity index is 1880. The molecule has 0 unspecified atom stereocenters. The summed E-state index contributed by atoms with van der Waals surface area (Å²) in [6.45, 7) is 26.7. The number of anilines is 3. The van der Waals surface area contributed by atoms with Gasteiger partial charge in [-0.15, -0.1) is 0 Å². The van der Waals surface area contributed by atoms with Crippen LogP contribution in [0.15, 0.2) is 97.2 Å². The number of aromatic nitrogens is 2. The summed E-state index contributed by atoms with van der Waals surface area (Å²) in [5.74, 6) is 1.07. The van der Waals surface area contributed by atoms with Crippen LogP contribution in [-0.2, 0) is 21.7 Å². The van der Waals surface area contributed by atoms with Gasteiger partial charge < -0.3 is 5.11 Å². The molecule has 5 rings (SSSR count). The molecule has 48 heavy (non-hydrogen) atoms. The second-order valence-electron chi connectivity index (χ2n) is 17.2. The third-order valence-corrected chi connectivity index (χ3v) is 9.04. The van der Waals surface area contributed by atoms with Gasteiger partial charge in [0, 0.05) is 23.1 Å². The highest BCUT2D eigenvalue weighted by molar-refractivity contribution is 5.81. The van der Waals surface area contributed by atoms with Crippen LogP contribution in [0, 0.1) is 0 Å². The van der Waals surface area contributed by atoms with E-state index in [4.69, 9.17) is 9.97 Å². The van der Waals surface area contributed by atoms with Gasteiger partial charge in [-0.05, 0) is 98.0 Å². The monoisotopic (exact) mass is 639 g/mol. The van der Waals surface area contributed by atoms with Gasteiger partial charge in [-0.1, -0.05) is 126 Å². The van der Waals surface area contributed by atoms with E-state index < -0.39 is 0 Å². The van der Waals surface area contributed by atoms with Gasteiger partial charge in [0.05, 0.1) is 11.4 Å². The topological polar surface area (TPSA) is 49.2 Å². The number of pyridine rings is 2. The van der Waals surface area contributed by atoms with Crippen molar-refractivity contribution < 1.29 is 5.11 Å². The molecule has 0 radical (unpaired) electrons. The van der Waals surface area contributed by atoms with Gasteiger partial charge in [0.1, 0.15) is 11.6 Å². The predicted molar refractivity (Wildman–Crippen MR) is 204 cm³/mol. The van der Waals surface area contributed by atoms with Crippen LogP contribution in [0.1, 0.15) is 105 Å². The van der Waals surface area contributed by atoms with Crippen molar-refractivity contribution in [3.8, 4) is 28.3 Å². The van der Waals surface area contributed by atoms with Gasteiger partial charge >= 0.3 is 0 Å². The number of rotatable bonds is 5. The van der Waals surface area contributed by atoms with Crippen LogP contribution in [0.4, 0.5) is 17.2 Å². The normalized spacial score (nSPS) is 12.7. The summed E-state index contributed by atoms with van der Waals surface area (Å²) in [4.78, 5) is 12.3. The first-order chi connectivity index (χ1) is 22.2. The summed E-state index contributed by atoms with van der Waals surface area (Å²) in [5, 5.41) is 11.2. The minimum atomic E-state index is -0.0594. The molecule has 2 aromatic heterocycles. The fraction of sp³-hybridized carbons (Fsp3) is 0.364. The van der Waals surface area contributed by atoms with E-state index in [0.717, 1.165) is 45.3 Å². The minimum absolute atomic E-state index is 0.0208. The summed E-state index contributed by atoms with van der Waals surface area (Å²) in [5.41, 5.74) is 10.0. The van der Waals surface area contributed by atoms with E-state index in [1.165, 1.54) is 16.7 Å². The molecule has 2 heterocycles. The Labute approximate surface area is 288 Å². The maximum Gasteiger partial charge on any atom is 0.138 e. The van der Waals surface area contributed by atoms with Gasteiger partial charge in [0.2, 0.25) is 0 Å². The van der Waals surface area contributed by atoms with Gasteiger partial charge in [0.15, 0.2) is 0 Å². The third kappa shape index (κ3) is 7.65. The van der Waals surface area contributed by atoms with Crippen LogP contribution < -0.4 is 4.90 Å². The molecule has 0 saturated carbocycles. The molecule has 4 nitrogen and oxygen atoms in total. The van der Waals surface area contributed by atoms with Crippen molar-refractivity contribution >= 4 is 17.2 Å². The molecule has 250 valence electrons. The third-order valence-electron chi connectivity index (χ3n) is 9.04. The Hall–Kier alpha value is -4.44. The second kappa shape index (κ2) is 12.5. The van der Waals surface area contributed by atoms with E-state index in [-0.39, 0.29) is 27.4 Å². The summed E-state index contributed by atoms with van der Waals surface area (Å²) in [7, 11) is 0. The van der Waals surface area contributed by atoms with Crippen LogP contribution in [-0.4, -0.2) is 15.1 Å². The summed E-state index contributed by atoms with van der Waals surface area (Å²) < 4.78 is 0. The highest BCUT2D eigenvalue weighted by Crippen LogP contribution is 2.42. The number of phenols is 1. The van der Waals surface area contributed by atoms with Crippen LogP contribution in [0.25, 0.3) is 22.5 Å². The summed E-state index contributed by atoms with van der Waals surface area (Å²) >= 11 is 0. The Morgan fingerprint density at radius 1 is 0.500 bits per heavy atom. The van der Waals surface area contributed by atoms with Gasteiger partial charge in [0.25, 0.3) is 0 Å². The van der Waals surface area contributed by atoms with Crippen molar-refractivity contribution in [1.82, 2.24) is 9.97 Å². The quantitative estimate of drug-likeness (QED) is 0.208. The molecular weight excluding hydrogens is 587 g/mol. The lowest BCUT2D eigenvalue weighted by Gasteiger charge is -2.31. The summed E-state index contributed by atoms with van der Waals surface area (Å²) in [6.07, 6.45) is 1.96. The number of hydrogen-bond acceptors (Lipinski definition) is 4. The molecule has 4 heteroatoms. The largest absolute Gasteiger partial charge is 0.507 e. The Morgan fingerprint density at radius 3 is 1.62 bits per heavy atom. The first-order valence-corrected chi connectivity index (χ1v) is 17.1. The van der Waals surface area contributed by atoms with E-state index in [1.807, 2.05) is 24.4 Å². The fourth-order valence-electron chi connectivity index (χ4n) is 5.75. The zero-order valence-electron chi connectivity index (χ0n) is 31.0. The van der Waals surface area contributed by atoms with Crippen molar-refractivity contribution in [3.63, 3.8) is 0 Å². The van der Waals surface area contributed by atoms with Gasteiger partial charge in [-0.25, -0.2) is 4.98 Å². The van der Waals surface area contributed by atoms with E-state index in [1.54, 1.807) is 0 Å². The average molecular weight is 640 g/mol. The number of benzene rings is 3. The van der Waals surface area contributed by atoms with Gasteiger partial charge in [-0.3, -0.25) is 9.88 Å². The van der Waals surface area contributed by atoms with E-state index in [2.05, 4.69) is 161 Å². The molecular formula is C44H53N3O. The van der Waals surface area contributed by atoms with Crippen LogP contribution >= 0.6 is 0 Å². The molecule has 3 aromatic carbocycles. The SMILES string of the molecule is CC(C)(C)c1ccc(-c2cccc(N(c3cccc(-c4ccc(C(C)(C)C)cc4O)c3)c3cc(C(C)(C)C)cc(C(C)(C)C)c3)n2)nc1. The van der Waals surface area contributed by atoms with Crippen LogP contribution in [0.3, 0.4) is 0 Å². The lowest BCUT2D eigenvalue weighted by atomic mass is 9.80. The Balaban J connectivity index is 1.72. The van der Waals surface area contributed by atoms with Crippen molar-refractivity contribution in [2.45, 2.75) is 105 Å². The Kier molecular flexibility index (Phi) is 9.11. The number of aromatic hydroxyl groups is 1. The molecule has 0 bridgehead atoms. The molecule has 1 N–H and O–H groups in total. The van der Waals surface area contributed by atoms with E-state index >= 15 is 0 Å². The Morgan fingerprint density at radius 2 is 1.08 bits per heavy atom. The molecule has 5 aromatic rings. The lowest BCUT2D eigenvalue weighted by Crippen LogP contribution is -2.19. The van der Waals surface area contributed by atoms with E-state index in [9.17, 15) is 5.11 Å². The molecule has 0 aliphatic rings. The molecule has 0 aliphatic heterocycles. The lowest BCUT2D eigenvalue weighted by molar-refractivity contribution is 0.473. The fourth-order valence-corrected chi connectivity index (χ4v) is 5.75. The zero-order chi connectivity index (χ0) is 35.2. The highest BCUT2D eigenvalue weighted by atomic mass is 16.3. The maximum absolute atomic E-state index is 11.2. The van der Waals surface area contributed by atoms with Crippen LogP contribution in [0.2, 0.25) is 0 Å².